The molecule has 0 radical (unpaired) electrons. The van der Waals surface area contributed by atoms with Crippen molar-refractivity contribution >= 4 is 15.9 Å². The van der Waals surface area contributed by atoms with Crippen LogP contribution in [-0.2, 0) is 6.61 Å². The number of aliphatic hydroxyl groups excluding tert-OH is 1. The molecule has 20 heavy (non-hydrogen) atoms. The van der Waals surface area contributed by atoms with E-state index in [1.807, 2.05) is 0 Å². The Bertz CT molecular complexity index is 615. The molecule has 0 aliphatic rings. The van der Waals surface area contributed by atoms with E-state index >= 15 is 0 Å². The molecule has 0 heterocycles. The maximum atomic E-state index is 13.5. The molecule has 2 rings (SSSR count). The summed E-state index contributed by atoms with van der Waals surface area (Å²) in [6.07, 6.45) is -0.713. The van der Waals surface area contributed by atoms with Gasteiger partial charge >= 0.3 is 0 Å². The van der Waals surface area contributed by atoms with Crippen LogP contribution in [0.4, 0.5) is 8.78 Å². The third-order valence-electron chi connectivity index (χ3n) is 2.82. The molecular weight excluding hydrogens is 330 g/mol. The van der Waals surface area contributed by atoms with Gasteiger partial charge in [0, 0.05) is 15.6 Å². The van der Waals surface area contributed by atoms with Crippen LogP contribution in [-0.4, -0.2) is 5.11 Å². The Kier molecular flexibility index (Phi) is 4.73. The van der Waals surface area contributed by atoms with Crippen molar-refractivity contribution in [3.63, 3.8) is 0 Å². The van der Waals surface area contributed by atoms with Gasteiger partial charge in [-0.05, 0) is 37.3 Å². The Morgan fingerprint density at radius 3 is 2.65 bits per heavy atom. The zero-order valence-corrected chi connectivity index (χ0v) is 12.3. The van der Waals surface area contributed by atoms with Gasteiger partial charge in [-0.3, -0.25) is 0 Å². The van der Waals surface area contributed by atoms with Crippen molar-refractivity contribution in [3.05, 3.63) is 63.6 Å². The maximum Gasteiger partial charge on any atom is 0.130 e. The van der Waals surface area contributed by atoms with Gasteiger partial charge in [0.15, 0.2) is 0 Å². The van der Waals surface area contributed by atoms with Gasteiger partial charge in [0.1, 0.15) is 24.0 Å². The number of hydrogen-bond donors (Lipinski definition) is 1. The molecule has 0 aliphatic carbocycles. The Morgan fingerprint density at radius 1 is 1.20 bits per heavy atom. The molecule has 1 N–H and O–H groups in total. The summed E-state index contributed by atoms with van der Waals surface area (Å²) in [5.41, 5.74) is 0.714. The standard InChI is InChI=1S/C15H13BrF2O2/c1-9(19)13-4-2-11(16)7-15(13)20-8-10-6-12(17)3-5-14(10)18/h2-7,9,19H,8H2,1H3. The van der Waals surface area contributed by atoms with Gasteiger partial charge in [-0.25, -0.2) is 8.78 Å². The number of ether oxygens (including phenoxy) is 1. The first-order valence-electron chi connectivity index (χ1n) is 6.01. The molecule has 0 aliphatic heterocycles. The van der Waals surface area contributed by atoms with Crippen LogP contribution in [0.1, 0.15) is 24.2 Å². The van der Waals surface area contributed by atoms with Crippen molar-refractivity contribution in [2.75, 3.05) is 0 Å². The van der Waals surface area contributed by atoms with E-state index in [0.29, 0.717) is 11.3 Å². The molecule has 106 valence electrons. The fourth-order valence-corrected chi connectivity index (χ4v) is 2.13. The average molecular weight is 343 g/mol. The van der Waals surface area contributed by atoms with E-state index in [4.69, 9.17) is 4.74 Å². The first kappa shape index (κ1) is 14.9. The molecule has 0 saturated heterocycles. The van der Waals surface area contributed by atoms with E-state index in [9.17, 15) is 13.9 Å². The molecule has 0 amide bonds. The molecule has 5 heteroatoms. The summed E-state index contributed by atoms with van der Waals surface area (Å²) in [6.45, 7) is 1.50. The predicted octanol–water partition coefficient (Wildman–Crippen LogP) is 4.36. The summed E-state index contributed by atoms with van der Waals surface area (Å²) in [7, 11) is 0. The van der Waals surface area contributed by atoms with Gasteiger partial charge in [0.25, 0.3) is 0 Å². The minimum Gasteiger partial charge on any atom is -0.488 e. The van der Waals surface area contributed by atoms with Gasteiger partial charge in [-0.15, -0.1) is 0 Å². The third kappa shape index (κ3) is 3.55. The molecule has 0 spiro atoms. The third-order valence-corrected chi connectivity index (χ3v) is 3.31. The highest BCUT2D eigenvalue weighted by atomic mass is 79.9. The van der Waals surface area contributed by atoms with E-state index in [1.54, 1.807) is 25.1 Å². The van der Waals surface area contributed by atoms with Crippen molar-refractivity contribution in [1.82, 2.24) is 0 Å². The van der Waals surface area contributed by atoms with Crippen molar-refractivity contribution in [1.29, 1.82) is 0 Å². The Hall–Kier alpha value is -1.46. The average Bonchev–Trinajstić information content (AvgIpc) is 2.39. The Labute approximate surface area is 124 Å². The number of hydrogen-bond acceptors (Lipinski definition) is 2. The predicted molar refractivity (Wildman–Crippen MR) is 75.5 cm³/mol. The molecule has 1 atom stereocenters. The van der Waals surface area contributed by atoms with Gasteiger partial charge in [0.05, 0.1) is 6.10 Å². The van der Waals surface area contributed by atoms with E-state index in [-0.39, 0.29) is 12.2 Å². The first-order valence-corrected chi connectivity index (χ1v) is 6.81. The normalized spacial score (nSPS) is 12.2. The summed E-state index contributed by atoms with van der Waals surface area (Å²) in [4.78, 5) is 0. The van der Waals surface area contributed by atoms with Crippen LogP contribution in [0.15, 0.2) is 40.9 Å². The highest BCUT2D eigenvalue weighted by molar-refractivity contribution is 9.10. The summed E-state index contributed by atoms with van der Waals surface area (Å²) in [5.74, 6) is -0.618. The SMILES string of the molecule is CC(O)c1ccc(Br)cc1OCc1cc(F)ccc1F. The number of halogens is 3. The van der Waals surface area contributed by atoms with Gasteiger partial charge < -0.3 is 9.84 Å². The summed E-state index contributed by atoms with van der Waals surface area (Å²) in [5, 5.41) is 9.66. The van der Waals surface area contributed by atoms with Crippen molar-refractivity contribution in [2.24, 2.45) is 0 Å². The fraction of sp³-hybridized carbons (Fsp3) is 0.200. The smallest absolute Gasteiger partial charge is 0.130 e. The second-order valence-corrected chi connectivity index (χ2v) is 5.30. The summed E-state index contributed by atoms with van der Waals surface area (Å²) in [6, 6.07) is 8.38. The molecule has 0 aromatic heterocycles. The number of benzene rings is 2. The summed E-state index contributed by atoms with van der Waals surface area (Å²) >= 11 is 3.30. The molecule has 1 unspecified atom stereocenters. The zero-order chi connectivity index (χ0) is 14.7. The van der Waals surface area contributed by atoms with Crippen LogP contribution in [0, 0.1) is 11.6 Å². The van der Waals surface area contributed by atoms with Crippen LogP contribution in [0.3, 0.4) is 0 Å². The minimum absolute atomic E-state index is 0.111. The highest BCUT2D eigenvalue weighted by Gasteiger charge is 2.11. The molecular formula is C15H13BrF2O2. The molecule has 2 aromatic rings. The van der Waals surface area contributed by atoms with Gasteiger partial charge in [-0.2, -0.15) is 0 Å². The van der Waals surface area contributed by atoms with Gasteiger partial charge in [0.2, 0.25) is 0 Å². The second-order valence-electron chi connectivity index (χ2n) is 4.38. The second kappa shape index (κ2) is 6.33. The minimum atomic E-state index is -0.713. The van der Waals surface area contributed by atoms with Crippen molar-refractivity contribution in [2.45, 2.75) is 19.6 Å². The summed E-state index contributed by atoms with van der Waals surface area (Å²) < 4.78 is 32.9. The maximum absolute atomic E-state index is 13.5. The fourth-order valence-electron chi connectivity index (χ4n) is 1.79. The van der Waals surface area contributed by atoms with Crippen LogP contribution >= 0.6 is 15.9 Å². The molecule has 0 bridgehead atoms. The number of rotatable bonds is 4. The lowest BCUT2D eigenvalue weighted by Gasteiger charge is -2.14. The lowest BCUT2D eigenvalue weighted by atomic mass is 10.1. The quantitative estimate of drug-likeness (QED) is 0.894. The lowest BCUT2D eigenvalue weighted by molar-refractivity contribution is 0.189. The number of aliphatic hydroxyl groups is 1. The molecule has 2 nitrogen and oxygen atoms in total. The van der Waals surface area contributed by atoms with Gasteiger partial charge in [-0.1, -0.05) is 22.0 Å². The lowest BCUT2D eigenvalue weighted by Crippen LogP contribution is -2.03. The van der Waals surface area contributed by atoms with Crippen LogP contribution in [0.25, 0.3) is 0 Å². The van der Waals surface area contributed by atoms with Crippen molar-refractivity contribution in [3.8, 4) is 5.75 Å². The Balaban J connectivity index is 2.22. The monoisotopic (exact) mass is 342 g/mol. The van der Waals surface area contributed by atoms with E-state index in [0.717, 1.165) is 22.7 Å². The van der Waals surface area contributed by atoms with Crippen molar-refractivity contribution < 1.29 is 18.6 Å². The zero-order valence-electron chi connectivity index (χ0n) is 10.7. The largest absolute Gasteiger partial charge is 0.488 e. The molecule has 0 saturated carbocycles. The van der Waals surface area contributed by atoms with E-state index in [1.165, 1.54) is 0 Å². The molecule has 2 aromatic carbocycles. The van der Waals surface area contributed by atoms with E-state index in [2.05, 4.69) is 15.9 Å². The highest BCUT2D eigenvalue weighted by Crippen LogP contribution is 2.29. The topological polar surface area (TPSA) is 29.5 Å². The van der Waals surface area contributed by atoms with Crippen LogP contribution in [0.2, 0.25) is 0 Å². The van der Waals surface area contributed by atoms with Crippen LogP contribution < -0.4 is 4.74 Å². The van der Waals surface area contributed by atoms with Crippen LogP contribution in [0.5, 0.6) is 5.75 Å². The Morgan fingerprint density at radius 2 is 1.95 bits per heavy atom. The molecule has 0 fully saturated rings. The first-order chi connectivity index (χ1) is 9.47. The van der Waals surface area contributed by atoms with E-state index < -0.39 is 17.7 Å².